The molecule has 23 heavy (non-hydrogen) atoms. The summed E-state index contributed by atoms with van der Waals surface area (Å²) in [4.78, 5) is 0. The fourth-order valence-electron chi connectivity index (χ4n) is 2.46. The van der Waals surface area contributed by atoms with Crippen molar-refractivity contribution in [2.45, 2.75) is 19.8 Å². The van der Waals surface area contributed by atoms with Gasteiger partial charge in [0.25, 0.3) is 0 Å². The minimum Gasteiger partial charge on any atom is -0.496 e. The summed E-state index contributed by atoms with van der Waals surface area (Å²) < 4.78 is 37.3. The summed E-state index contributed by atoms with van der Waals surface area (Å²) in [5.41, 5.74) is 2.31. The first-order chi connectivity index (χ1) is 11.1. The minimum atomic E-state index is -0.599. The van der Waals surface area contributed by atoms with Gasteiger partial charge in [0.05, 0.1) is 14.2 Å². The second-order valence-corrected chi connectivity index (χ2v) is 5.19. The third-order valence-electron chi connectivity index (χ3n) is 3.48. The van der Waals surface area contributed by atoms with Gasteiger partial charge in [0, 0.05) is 11.6 Å². The largest absolute Gasteiger partial charge is 0.496 e. The lowest BCUT2D eigenvalue weighted by Gasteiger charge is -2.14. The first-order valence-corrected chi connectivity index (χ1v) is 7.46. The molecule has 0 unspecified atom stereocenters. The van der Waals surface area contributed by atoms with Gasteiger partial charge in [-0.05, 0) is 41.8 Å². The van der Waals surface area contributed by atoms with E-state index in [0.717, 1.165) is 41.5 Å². The Balaban J connectivity index is 2.37. The van der Waals surface area contributed by atoms with Crippen LogP contribution in [0, 0.1) is 11.6 Å². The number of benzene rings is 2. The Morgan fingerprint density at radius 3 is 1.74 bits per heavy atom. The molecule has 0 N–H and O–H groups in total. The van der Waals surface area contributed by atoms with Crippen LogP contribution in [0.1, 0.15) is 30.0 Å². The van der Waals surface area contributed by atoms with Crippen molar-refractivity contribution in [1.82, 2.24) is 0 Å². The average Bonchev–Trinajstić information content (AvgIpc) is 2.52. The molecule has 0 saturated carbocycles. The summed E-state index contributed by atoms with van der Waals surface area (Å²) in [5.74, 6) is 0.295. The normalized spacial score (nSPS) is 11.0. The maximum atomic E-state index is 13.2. The molecule has 0 fully saturated rings. The van der Waals surface area contributed by atoms with Crippen LogP contribution in [0.4, 0.5) is 8.78 Å². The average molecular weight is 318 g/mol. The zero-order valence-electron chi connectivity index (χ0n) is 13.5. The van der Waals surface area contributed by atoms with Crippen molar-refractivity contribution in [2.75, 3.05) is 14.2 Å². The number of ether oxygens (including phenoxy) is 2. The summed E-state index contributed by atoms with van der Waals surface area (Å²) in [6.07, 6.45) is 5.25. The van der Waals surface area contributed by atoms with Crippen molar-refractivity contribution in [1.29, 1.82) is 0 Å². The van der Waals surface area contributed by atoms with Gasteiger partial charge in [-0.2, -0.15) is 0 Å². The smallest absolute Gasteiger partial charge is 0.126 e. The molecule has 0 atom stereocenters. The molecule has 2 aromatic carbocycles. The molecule has 2 rings (SSSR count). The molecule has 0 amide bonds. The highest BCUT2D eigenvalue weighted by Gasteiger charge is 2.10. The van der Waals surface area contributed by atoms with Gasteiger partial charge in [0.15, 0.2) is 0 Å². The molecule has 2 aromatic rings. The van der Waals surface area contributed by atoms with E-state index in [0.29, 0.717) is 5.56 Å². The molecule has 0 spiro atoms. The first kappa shape index (κ1) is 17.0. The monoisotopic (exact) mass is 318 g/mol. The van der Waals surface area contributed by atoms with Crippen molar-refractivity contribution in [3.8, 4) is 11.5 Å². The van der Waals surface area contributed by atoms with E-state index >= 15 is 0 Å². The van der Waals surface area contributed by atoms with Crippen molar-refractivity contribution in [3.05, 3.63) is 58.7 Å². The third kappa shape index (κ3) is 4.31. The molecular formula is C19H20F2O2. The van der Waals surface area contributed by atoms with Gasteiger partial charge in [-0.3, -0.25) is 0 Å². The molecule has 0 aliphatic carbocycles. The van der Waals surface area contributed by atoms with Crippen molar-refractivity contribution < 1.29 is 18.3 Å². The second-order valence-electron chi connectivity index (χ2n) is 5.19. The Hall–Kier alpha value is -2.36. The van der Waals surface area contributed by atoms with Gasteiger partial charge in [0.1, 0.15) is 23.1 Å². The van der Waals surface area contributed by atoms with E-state index < -0.39 is 11.6 Å². The lowest BCUT2D eigenvalue weighted by molar-refractivity contribution is 0.385. The molecule has 0 radical (unpaired) electrons. The van der Waals surface area contributed by atoms with Crippen LogP contribution in [0.25, 0.3) is 12.2 Å². The Morgan fingerprint density at radius 2 is 1.30 bits per heavy atom. The van der Waals surface area contributed by atoms with E-state index in [-0.39, 0.29) is 0 Å². The molecule has 122 valence electrons. The summed E-state index contributed by atoms with van der Waals surface area (Å²) in [7, 11) is 3.23. The predicted molar refractivity (Wildman–Crippen MR) is 88.8 cm³/mol. The van der Waals surface area contributed by atoms with Crippen LogP contribution in [-0.2, 0) is 6.42 Å². The zero-order chi connectivity index (χ0) is 16.8. The fourth-order valence-corrected chi connectivity index (χ4v) is 2.46. The molecule has 0 aromatic heterocycles. The number of hydrogen-bond acceptors (Lipinski definition) is 2. The first-order valence-electron chi connectivity index (χ1n) is 7.46. The summed E-state index contributed by atoms with van der Waals surface area (Å²) >= 11 is 0. The van der Waals surface area contributed by atoms with Gasteiger partial charge in [-0.15, -0.1) is 0 Å². The topological polar surface area (TPSA) is 18.5 Å². The van der Waals surface area contributed by atoms with Crippen molar-refractivity contribution in [3.63, 3.8) is 0 Å². The summed E-state index contributed by atoms with van der Waals surface area (Å²) in [6, 6.07) is 7.18. The van der Waals surface area contributed by atoms with E-state index in [9.17, 15) is 8.78 Å². The van der Waals surface area contributed by atoms with Gasteiger partial charge in [0.2, 0.25) is 0 Å². The quantitative estimate of drug-likeness (QED) is 0.690. The van der Waals surface area contributed by atoms with E-state index in [4.69, 9.17) is 9.47 Å². The maximum Gasteiger partial charge on any atom is 0.126 e. The SMILES string of the molecule is CCCc1c(OC)cc(C=Cc2cc(F)cc(F)c2)cc1OC. The van der Waals surface area contributed by atoms with E-state index in [1.165, 1.54) is 12.1 Å². The third-order valence-corrected chi connectivity index (χ3v) is 3.48. The maximum absolute atomic E-state index is 13.2. The summed E-state index contributed by atoms with van der Waals surface area (Å²) in [6.45, 7) is 2.09. The van der Waals surface area contributed by atoms with Crippen molar-refractivity contribution >= 4 is 12.2 Å². The molecule has 0 saturated heterocycles. The van der Waals surface area contributed by atoms with E-state index in [1.54, 1.807) is 26.4 Å². The Morgan fingerprint density at radius 1 is 0.826 bits per heavy atom. The standard InChI is InChI=1S/C19H20F2O2/c1-4-5-17-18(22-2)10-14(11-19(17)23-3)7-6-13-8-15(20)12-16(21)9-13/h6-12H,4-5H2,1-3H3. The highest BCUT2D eigenvalue weighted by molar-refractivity contribution is 5.72. The molecule has 0 heterocycles. The van der Waals surface area contributed by atoms with Crippen LogP contribution in [0.5, 0.6) is 11.5 Å². The van der Waals surface area contributed by atoms with Crippen LogP contribution in [-0.4, -0.2) is 14.2 Å². The van der Waals surface area contributed by atoms with Gasteiger partial charge in [-0.25, -0.2) is 8.78 Å². The van der Waals surface area contributed by atoms with E-state index in [1.807, 2.05) is 12.1 Å². The molecule has 4 heteroatoms. The molecule has 0 bridgehead atoms. The second kappa shape index (κ2) is 7.77. The molecular weight excluding hydrogens is 298 g/mol. The summed E-state index contributed by atoms with van der Waals surface area (Å²) in [5, 5.41) is 0. The molecule has 2 nitrogen and oxygen atoms in total. The van der Waals surface area contributed by atoms with Gasteiger partial charge >= 0.3 is 0 Å². The Labute approximate surface area is 135 Å². The van der Waals surface area contributed by atoms with Crippen LogP contribution in [0.3, 0.4) is 0 Å². The van der Waals surface area contributed by atoms with Crippen LogP contribution in [0.2, 0.25) is 0 Å². The van der Waals surface area contributed by atoms with Crippen molar-refractivity contribution in [2.24, 2.45) is 0 Å². The highest BCUT2D eigenvalue weighted by atomic mass is 19.1. The number of methoxy groups -OCH3 is 2. The van der Waals surface area contributed by atoms with E-state index in [2.05, 4.69) is 6.92 Å². The predicted octanol–water partition coefficient (Wildman–Crippen LogP) is 5.10. The number of hydrogen-bond donors (Lipinski definition) is 0. The minimum absolute atomic E-state index is 0.457. The van der Waals surface area contributed by atoms with Crippen LogP contribution >= 0.6 is 0 Å². The fraction of sp³-hybridized carbons (Fsp3) is 0.263. The highest BCUT2D eigenvalue weighted by Crippen LogP contribution is 2.32. The number of halogens is 2. The Bertz CT molecular complexity index is 663. The lowest BCUT2D eigenvalue weighted by Crippen LogP contribution is -1.97. The molecule has 0 aliphatic rings. The Kier molecular flexibility index (Phi) is 5.74. The lowest BCUT2D eigenvalue weighted by atomic mass is 10.0. The molecule has 0 aliphatic heterocycles. The zero-order valence-corrected chi connectivity index (χ0v) is 13.5. The van der Waals surface area contributed by atoms with Gasteiger partial charge in [-0.1, -0.05) is 25.5 Å². The van der Waals surface area contributed by atoms with Crippen LogP contribution in [0.15, 0.2) is 30.3 Å². The van der Waals surface area contributed by atoms with Crippen LogP contribution < -0.4 is 9.47 Å². The van der Waals surface area contributed by atoms with Gasteiger partial charge < -0.3 is 9.47 Å². The number of rotatable bonds is 6.